The maximum atomic E-state index is 14.8. The average molecular weight is 1220 g/mol. The van der Waals surface area contributed by atoms with Gasteiger partial charge in [0.05, 0.1) is 11.4 Å². The second kappa shape index (κ2) is 31.6. The van der Waals surface area contributed by atoms with Crippen LogP contribution >= 0.6 is 0 Å². The first-order valence-electron chi connectivity index (χ1n) is 31.6. The van der Waals surface area contributed by atoms with Crippen LogP contribution in [0, 0.1) is 20.8 Å². The molecule has 0 aliphatic carbocycles. The van der Waals surface area contributed by atoms with Crippen molar-refractivity contribution < 1.29 is 47.8 Å². The van der Waals surface area contributed by atoms with E-state index in [0.717, 1.165) is 74.4 Å². The lowest BCUT2D eigenvalue weighted by Crippen LogP contribution is -2.56. The fourth-order valence-electron chi connectivity index (χ4n) is 11.0. The minimum Gasteiger partial charge on any atom is -0.444 e. The van der Waals surface area contributed by atoms with E-state index in [1.807, 2.05) is 6.92 Å². The number of unbranched alkanes of at least 4 members (excludes halogenated alkanes) is 3. The standard InChI is InChI=1S/C67H103N11O10/c1-19-44-41(5)53-38-56-45(20-2)40(4)52(72-56)37-54-42(6)46(58(75-54)43(7)51-35-39(3)50(71-51)36-55(44)73-53)30-31-57(79)74-47(27-21-24-32-68-62(83)86-65(8,9)10)59(80)76-48(28-22-25-33-69-63(84)87-66(11,12)13)60(81)77-49(61(82)78(17)18)29-23-26-34-70-64(85)88-67(14,15)16/h35-38,42,46-49,72-73H,19-34H2,1-18H3,(H,68,83)(H,69,84)(H,70,85)(H,74,79)(H,76,80)(H,77,81)/t42-,46-,47-,48-,49-/m0/s1. The van der Waals surface area contributed by atoms with Crippen molar-refractivity contribution in [3.8, 4) is 0 Å². The lowest BCUT2D eigenvalue weighted by atomic mass is 9.85. The van der Waals surface area contributed by atoms with Crippen molar-refractivity contribution in [1.82, 2.24) is 56.7 Å². The molecule has 0 spiro atoms. The van der Waals surface area contributed by atoms with Crippen molar-refractivity contribution in [2.45, 2.75) is 241 Å². The van der Waals surface area contributed by atoms with Crippen LogP contribution in [0.15, 0.2) is 18.2 Å². The van der Waals surface area contributed by atoms with E-state index in [2.05, 4.69) is 108 Å². The maximum Gasteiger partial charge on any atom is 0.407 e. The topological polar surface area (TPSA) is 280 Å². The summed E-state index contributed by atoms with van der Waals surface area (Å²) >= 11 is 0. The minimum absolute atomic E-state index is 0.0376. The summed E-state index contributed by atoms with van der Waals surface area (Å²) in [5.41, 5.74) is 12.1. The monoisotopic (exact) mass is 1220 g/mol. The Hall–Kier alpha value is -7.45. The molecular formula is C67H103N11O10. The fraction of sp³-hybridized carbons (Fsp3) is 0.627. The van der Waals surface area contributed by atoms with E-state index in [1.54, 1.807) is 76.4 Å². The van der Waals surface area contributed by atoms with Crippen LogP contribution in [0.1, 0.15) is 223 Å². The first kappa shape index (κ1) is 71.3. The number of rotatable bonds is 26. The van der Waals surface area contributed by atoms with Crippen LogP contribution in [-0.4, -0.2) is 135 Å². The Labute approximate surface area is 521 Å². The molecule has 0 unspecified atom stereocenters. The van der Waals surface area contributed by atoms with Gasteiger partial charge >= 0.3 is 18.3 Å². The van der Waals surface area contributed by atoms with Crippen LogP contribution in [0.2, 0.25) is 0 Å². The average Bonchev–Trinajstić information content (AvgIpc) is 4.35. The summed E-state index contributed by atoms with van der Waals surface area (Å²) in [6, 6.07) is 3.23. The van der Waals surface area contributed by atoms with E-state index < -0.39 is 65.0 Å². The zero-order valence-corrected chi connectivity index (χ0v) is 55.9. The minimum atomic E-state index is -1.16. The molecule has 486 valence electrons. The molecule has 8 N–H and O–H groups in total. The summed E-state index contributed by atoms with van der Waals surface area (Å²) in [5.74, 6) is -2.26. The van der Waals surface area contributed by atoms with Gasteiger partial charge in [-0.05, 0) is 225 Å². The summed E-state index contributed by atoms with van der Waals surface area (Å²) in [7, 11) is 3.18. The second-order valence-electron chi connectivity index (χ2n) is 26.7. The van der Waals surface area contributed by atoms with Gasteiger partial charge < -0.3 is 61.0 Å². The predicted octanol–water partition coefficient (Wildman–Crippen LogP) is 11.2. The number of carbonyl (C=O) groups excluding carboxylic acids is 7. The Kier molecular flexibility index (Phi) is 25.6. The number of aryl methyl sites for hydroxylation is 4. The van der Waals surface area contributed by atoms with Gasteiger partial charge in [0, 0.05) is 85.4 Å². The number of alkyl carbamates (subject to hydrolysis) is 3. The summed E-state index contributed by atoms with van der Waals surface area (Å²) in [4.78, 5) is 114. The number of aromatic nitrogens is 4. The Bertz CT molecular complexity index is 3170. The molecule has 0 radical (unpaired) electrons. The molecule has 0 aromatic carbocycles. The van der Waals surface area contributed by atoms with Crippen LogP contribution < -0.4 is 31.9 Å². The molecule has 5 rings (SSSR count). The normalized spacial score (nSPS) is 15.2. The number of nitrogens with zero attached hydrogens (tertiary/aromatic N) is 3. The quantitative estimate of drug-likeness (QED) is 0.0275. The van der Waals surface area contributed by atoms with E-state index in [-0.39, 0.29) is 69.0 Å². The smallest absolute Gasteiger partial charge is 0.407 e. The predicted molar refractivity (Wildman–Crippen MR) is 347 cm³/mol. The van der Waals surface area contributed by atoms with Gasteiger partial charge in [-0.1, -0.05) is 20.8 Å². The molecule has 8 bridgehead atoms. The van der Waals surface area contributed by atoms with E-state index in [9.17, 15) is 33.6 Å². The number of nitrogens with one attached hydrogen (secondary N) is 8. The van der Waals surface area contributed by atoms with Gasteiger partial charge in [-0.3, -0.25) is 24.2 Å². The molecule has 21 heteroatoms. The largest absolute Gasteiger partial charge is 0.444 e. The second-order valence-corrected chi connectivity index (χ2v) is 26.7. The van der Waals surface area contributed by atoms with Crippen LogP contribution in [0.25, 0.3) is 33.7 Å². The SMILES string of the molecule is CCc1c(C)c2cc3[nH]c(cc4nc(c(C)c5nc(cc1[nH]2)C(C)=C5)[C@@H](CCC(=O)N[C@@H](CCCCNC(=O)OC(C)(C)C)C(=O)N[C@@H](CCCCNC(=O)OC(C)(C)C)C(=O)N[C@@H](CCCCNC(=O)OC(C)(C)C)C(=O)N(C)C)[C@@H]4C)c(C)c3CC. The van der Waals surface area contributed by atoms with Crippen LogP contribution in [0.5, 0.6) is 0 Å². The van der Waals surface area contributed by atoms with E-state index >= 15 is 0 Å². The molecule has 0 saturated heterocycles. The lowest BCUT2D eigenvalue weighted by Gasteiger charge is -2.27. The van der Waals surface area contributed by atoms with Crippen molar-refractivity contribution in [2.24, 2.45) is 0 Å². The Morgan fingerprint density at radius 3 is 1.45 bits per heavy atom. The third-order valence-corrected chi connectivity index (χ3v) is 15.7. The summed E-state index contributed by atoms with van der Waals surface area (Å²) < 4.78 is 16.2. The third kappa shape index (κ3) is 21.4. The van der Waals surface area contributed by atoms with Gasteiger partial charge in [0.1, 0.15) is 34.9 Å². The summed E-state index contributed by atoms with van der Waals surface area (Å²) in [6.07, 6.45) is 5.57. The molecule has 21 nitrogen and oxygen atoms in total. The van der Waals surface area contributed by atoms with Crippen molar-refractivity contribution in [3.05, 3.63) is 68.8 Å². The number of hydrogen-bond acceptors (Lipinski definition) is 12. The van der Waals surface area contributed by atoms with Gasteiger partial charge in [0.25, 0.3) is 0 Å². The molecular weight excluding hydrogens is 1120 g/mol. The molecule has 0 fully saturated rings. The molecule has 7 amide bonds. The van der Waals surface area contributed by atoms with Gasteiger partial charge in [0.2, 0.25) is 23.6 Å². The van der Waals surface area contributed by atoms with Crippen LogP contribution in [-0.2, 0) is 46.2 Å². The molecule has 88 heavy (non-hydrogen) atoms. The maximum absolute atomic E-state index is 14.8. The molecule has 3 aromatic rings. The number of fused-ring (bicyclic) bond motifs is 8. The molecule has 0 saturated carbocycles. The first-order valence-corrected chi connectivity index (χ1v) is 31.6. The van der Waals surface area contributed by atoms with Crippen LogP contribution in [0.3, 0.4) is 0 Å². The van der Waals surface area contributed by atoms with Crippen molar-refractivity contribution in [1.29, 1.82) is 0 Å². The Balaban J connectivity index is 1.45. The van der Waals surface area contributed by atoms with E-state index in [1.165, 1.54) is 21.6 Å². The number of H-pyrrole nitrogens is 2. The van der Waals surface area contributed by atoms with Crippen molar-refractivity contribution in [2.75, 3.05) is 33.7 Å². The van der Waals surface area contributed by atoms with Gasteiger partial charge in [-0.2, -0.15) is 0 Å². The highest BCUT2D eigenvalue weighted by Crippen LogP contribution is 2.42. The number of allylic oxidation sites excluding steroid dienone is 1. The van der Waals surface area contributed by atoms with Crippen LogP contribution in [0.4, 0.5) is 14.4 Å². The number of amides is 7. The number of hydrogen-bond donors (Lipinski definition) is 8. The van der Waals surface area contributed by atoms with E-state index in [0.29, 0.717) is 44.9 Å². The van der Waals surface area contributed by atoms with Gasteiger partial charge in [-0.15, -0.1) is 0 Å². The van der Waals surface area contributed by atoms with E-state index in [4.69, 9.17) is 24.2 Å². The molecule has 5 atom stereocenters. The third-order valence-electron chi connectivity index (χ3n) is 15.7. The Morgan fingerprint density at radius 1 is 0.568 bits per heavy atom. The fourth-order valence-corrected chi connectivity index (χ4v) is 11.0. The zero-order chi connectivity index (χ0) is 65.4. The number of aromatic amines is 2. The zero-order valence-electron chi connectivity index (χ0n) is 55.9. The highest BCUT2D eigenvalue weighted by atomic mass is 16.6. The van der Waals surface area contributed by atoms with Gasteiger partial charge in [-0.25, -0.2) is 19.4 Å². The summed E-state index contributed by atoms with van der Waals surface area (Å²) in [6.45, 7) is 31.6. The molecule has 2 aliphatic rings. The number of likely N-dealkylation sites (N-methyl/N-ethyl adjacent to an activating group) is 1. The highest BCUT2D eigenvalue weighted by Gasteiger charge is 2.34. The molecule has 2 aliphatic heterocycles. The highest BCUT2D eigenvalue weighted by molar-refractivity contribution is 5.94. The van der Waals surface area contributed by atoms with Crippen molar-refractivity contribution >= 4 is 75.6 Å². The number of carbonyl (C=O) groups is 7. The lowest BCUT2D eigenvalue weighted by molar-refractivity contribution is -0.136. The first-order chi connectivity index (χ1) is 41.2. The summed E-state index contributed by atoms with van der Waals surface area (Å²) in [5, 5.41) is 17.1. The molecule has 3 aromatic heterocycles. The Morgan fingerprint density at radius 2 is 1.00 bits per heavy atom. The van der Waals surface area contributed by atoms with Gasteiger partial charge in [0.15, 0.2) is 0 Å². The molecule has 5 heterocycles. The number of ether oxygens (including phenoxy) is 3. The van der Waals surface area contributed by atoms with Crippen molar-refractivity contribution in [3.63, 3.8) is 0 Å².